The molecule has 1 atom stereocenters. The van der Waals surface area contributed by atoms with E-state index in [2.05, 4.69) is 67.8 Å². The van der Waals surface area contributed by atoms with Crippen LogP contribution < -0.4 is 0 Å². The second-order valence-corrected chi connectivity index (χ2v) is 8.08. The predicted octanol–water partition coefficient (Wildman–Crippen LogP) is 3.58. The number of carbonyl (C=O) groups excluding carboxylic acids is 1. The lowest BCUT2D eigenvalue weighted by Gasteiger charge is -2.33. The van der Waals surface area contributed by atoms with Crippen LogP contribution >= 0.6 is 67.8 Å². The summed E-state index contributed by atoms with van der Waals surface area (Å²) in [6, 6.07) is 3.15. The number of nitrogens with zero attached hydrogens (tertiary/aromatic N) is 1. The number of benzene rings is 1. The molecule has 0 bridgehead atoms. The van der Waals surface area contributed by atoms with E-state index in [1.807, 2.05) is 12.1 Å². The highest BCUT2D eigenvalue weighted by molar-refractivity contribution is 14.1. The molecule has 1 amide bonds. The molecule has 1 aromatic rings. The van der Waals surface area contributed by atoms with Crippen LogP contribution in [0.3, 0.4) is 0 Å². The number of rotatable bonds is 2. The lowest BCUT2D eigenvalue weighted by atomic mass is 10.0. The molecule has 2 rings (SSSR count). The summed E-state index contributed by atoms with van der Waals surface area (Å²) < 4.78 is 2.89. The average Bonchev–Trinajstić information content (AvgIpc) is 2.42. The minimum absolute atomic E-state index is 0.169. The maximum Gasteiger partial charge on any atom is 0.326 e. The van der Waals surface area contributed by atoms with Crippen molar-refractivity contribution in [2.24, 2.45) is 0 Å². The molecular formula is C13H12I3NO3. The van der Waals surface area contributed by atoms with Crippen LogP contribution in [0.1, 0.15) is 29.6 Å². The summed E-state index contributed by atoms with van der Waals surface area (Å²) in [6.07, 6.45) is 2.27. The van der Waals surface area contributed by atoms with Gasteiger partial charge in [0.1, 0.15) is 6.04 Å². The van der Waals surface area contributed by atoms with E-state index in [1.165, 1.54) is 4.90 Å². The van der Waals surface area contributed by atoms with Gasteiger partial charge in [-0.15, -0.1) is 0 Å². The molecule has 0 spiro atoms. The minimum atomic E-state index is -0.909. The van der Waals surface area contributed by atoms with Gasteiger partial charge >= 0.3 is 5.97 Å². The van der Waals surface area contributed by atoms with Gasteiger partial charge in [-0.25, -0.2) is 4.79 Å². The van der Waals surface area contributed by atoms with E-state index in [0.29, 0.717) is 18.5 Å². The first kappa shape index (κ1) is 16.7. The normalized spacial score (nSPS) is 18.9. The van der Waals surface area contributed by atoms with Gasteiger partial charge in [-0.3, -0.25) is 4.79 Å². The van der Waals surface area contributed by atoms with Gasteiger partial charge in [0.2, 0.25) is 0 Å². The Morgan fingerprint density at radius 1 is 1.20 bits per heavy atom. The van der Waals surface area contributed by atoms with E-state index in [4.69, 9.17) is 0 Å². The molecule has 1 heterocycles. The molecule has 1 fully saturated rings. The van der Waals surface area contributed by atoms with Crippen molar-refractivity contribution in [2.45, 2.75) is 25.3 Å². The van der Waals surface area contributed by atoms with Crippen LogP contribution in [0.15, 0.2) is 12.1 Å². The maximum atomic E-state index is 12.7. The molecule has 108 valence electrons. The molecule has 1 aliphatic rings. The Hall–Kier alpha value is 0.350. The van der Waals surface area contributed by atoms with E-state index < -0.39 is 12.0 Å². The zero-order chi connectivity index (χ0) is 14.9. The van der Waals surface area contributed by atoms with E-state index in [1.54, 1.807) is 0 Å². The molecule has 0 unspecified atom stereocenters. The number of likely N-dealkylation sites (tertiary alicyclic amines) is 1. The van der Waals surface area contributed by atoms with Crippen molar-refractivity contribution in [1.29, 1.82) is 0 Å². The molecule has 0 aliphatic carbocycles. The molecule has 1 aromatic carbocycles. The summed E-state index contributed by atoms with van der Waals surface area (Å²) in [6.45, 7) is 0.522. The second-order valence-electron chi connectivity index (χ2n) is 4.60. The summed E-state index contributed by atoms with van der Waals surface area (Å²) >= 11 is 6.53. The van der Waals surface area contributed by atoms with Crippen LogP contribution in [-0.4, -0.2) is 34.5 Å². The number of piperidine rings is 1. The van der Waals surface area contributed by atoms with Crippen LogP contribution in [0.4, 0.5) is 0 Å². The molecule has 1 N–H and O–H groups in total. The van der Waals surface area contributed by atoms with Crippen molar-refractivity contribution in [1.82, 2.24) is 4.90 Å². The fourth-order valence-electron chi connectivity index (χ4n) is 2.30. The van der Waals surface area contributed by atoms with E-state index in [9.17, 15) is 14.7 Å². The lowest BCUT2D eigenvalue weighted by Crippen LogP contribution is -2.48. The SMILES string of the molecule is O=C(O)[C@@H]1CCCCN1C(=O)c1cc(I)cc(I)c1I. The van der Waals surface area contributed by atoms with Crippen LogP contribution in [0, 0.1) is 10.7 Å². The summed E-state index contributed by atoms with van der Waals surface area (Å²) in [7, 11) is 0. The monoisotopic (exact) mass is 611 g/mol. The second kappa shape index (κ2) is 7.07. The molecule has 20 heavy (non-hydrogen) atoms. The summed E-state index contributed by atoms with van der Waals surface area (Å²) in [5.74, 6) is -1.08. The largest absolute Gasteiger partial charge is 0.480 e. The van der Waals surface area contributed by atoms with Crippen molar-refractivity contribution in [3.05, 3.63) is 28.4 Å². The Morgan fingerprint density at radius 2 is 1.90 bits per heavy atom. The summed E-state index contributed by atoms with van der Waals surface area (Å²) in [4.78, 5) is 25.5. The quantitative estimate of drug-likeness (QED) is 0.412. The van der Waals surface area contributed by atoms with E-state index in [-0.39, 0.29) is 5.91 Å². The van der Waals surface area contributed by atoms with Gasteiger partial charge in [0, 0.05) is 17.3 Å². The number of carbonyl (C=O) groups is 2. The van der Waals surface area contributed by atoms with Crippen molar-refractivity contribution >= 4 is 79.6 Å². The van der Waals surface area contributed by atoms with Gasteiger partial charge in [-0.2, -0.15) is 0 Å². The number of carboxylic acid groups (broad SMARTS) is 1. The third kappa shape index (κ3) is 3.57. The summed E-state index contributed by atoms with van der Waals surface area (Å²) in [5, 5.41) is 9.28. The van der Waals surface area contributed by atoms with E-state index in [0.717, 1.165) is 23.6 Å². The Morgan fingerprint density at radius 3 is 2.55 bits per heavy atom. The first-order valence-corrected chi connectivity index (χ1v) is 9.33. The first-order chi connectivity index (χ1) is 9.41. The number of hydrogen-bond acceptors (Lipinski definition) is 2. The van der Waals surface area contributed by atoms with Gasteiger partial charge in [0.15, 0.2) is 0 Å². The molecule has 0 radical (unpaired) electrons. The number of carboxylic acids is 1. The number of halogens is 3. The van der Waals surface area contributed by atoms with Crippen molar-refractivity contribution < 1.29 is 14.7 Å². The van der Waals surface area contributed by atoms with Crippen molar-refractivity contribution in [3.63, 3.8) is 0 Å². The highest BCUT2D eigenvalue weighted by atomic mass is 127. The third-order valence-electron chi connectivity index (χ3n) is 3.27. The predicted molar refractivity (Wildman–Crippen MR) is 101 cm³/mol. The van der Waals surface area contributed by atoms with Crippen LogP contribution in [-0.2, 0) is 4.79 Å². The standard InChI is InChI=1S/C13H12I3NO3/c14-7-5-8(11(16)9(15)6-7)12(18)17-4-2-1-3-10(17)13(19)20/h5-6,10H,1-4H2,(H,19,20)/t10-/m0/s1. The maximum absolute atomic E-state index is 12.7. The van der Waals surface area contributed by atoms with Gasteiger partial charge in [-0.1, -0.05) is 0 Å². The fraction of sp³-hybridized carbons (Fsp3) is 0.385. The highest BCUT2D eigenvalue weighted by Gasteiger charge is 2.33. The Kier molecular flexibility index (Phi) is 5.91. The molecule has 4 nitrogen and oxygen atoms in total. The van der Waals surface area contributed by atoms with Gasteiger partial charge in [0.05, 0.1) is 5.56 Å². The fourth-order valence-corrected chi connectivity index (χ4v) is 4.68. The highest BCUT2D eigenvalue weighted by Crippen LogP contribution is 2.26. The topological polar surface area (TPSA) is 57.6 Å². The lowest BCUT2D eigenvalue weighted by molar-refractivity contribution is -0.143. The number of hydrogen-bond donors (Lipinski definition) is 1. The zero-order valence-corrected chi connectivity index (χ0v) is 16.9. The Bertz CT molecular complexity index is 562. The zero-order valence-electron chi connectivity index (χ0n) is 10.4. The van der Waals surface area contributed by atoms with Gasteiger partial charge in [-0.05, 0) is 99.2 Å². The molecule has 1 aliphatic heterocycles. The van der Waals surface area contributed by atoms with E-state index >= 15 is 0 Å². The van der Waals surface area contributed by atoms with Crippen molar-refractivity contribution in [3.8, 4) is 0 Å². The van der Waals surface area contributed by atoms with Crippen LogP contribution in [0.2, 0.25) is 0 Å². The average molecular weight is 611 g/mol. The molecule has 1 saturated heterocycles. The first-order valence-electron chi connectivity index (χ1n) is 6.10. The molecular weight excluding hydrogens is 599 g/mol. The third-order valence-corrected chi connectivity index (χ3v) is 6.94. The Balaban J connectivity index is 2.37. The number of amides is 1. The van der Waals surface area contributed by atoms with Crippen LogP contribution in [0.5, 0.6) is 0 Å². The number of aliphatic carboxylic acids is 1. The minimum Gasteiger partial charge on any atom is -0.480 e. The molecule has 0 saturated carbocycles. The van der Waals surface area contributed by atoms with Crippen molar-refractivity contribution in [2.75, 3.05) is 6.54 Å². The Labute approximate surface area is 158 Å². The molecule has 0 aromatic heterocycles. The summed E-state index contributed by atoms with van der Waals surface area (Å²) in [5.41, 5.74) is 0.607. The van der Waals surface area contributed by atoms with Gasteiger partial charge in [0.25, 0.3) is 5.91 Å². The van der Waals surface area contributed by atoms with Crippen LogP contribution in [0.25, 0.3) is 0 Å². The van der Waals surface area contributed by atoms with Gasteiger partial charge < -0.3 is 10.0 Å². The molecule has 7 heteroatoms. The smallest absolute Gasteiger partial charge is 0.326 e.